The van der Waals surface area contributed by atoms with Crippen LogP contribution in [-0.2, 0) is 16.9 Å². The number of imidazole rings is 1. The van der Waals surface area contributed by atoms with Crippen molar-refractivity contribution in [3.05, 3.63) is 42.0 Å². The first-order chi connectivity index (χ1) is 14.4. The minimum atomic E-state index is -0.991. The number of aromatic amines is 1. The minimum absolute atomic E-state index is 0.105. The molecule has 0 unspecified atom stereocenters. The average Bonchev–Trinajstić information content (AvgIpc) is 3.43. The summed E-state index contributed by atoms with van der Waals surface area (Å²) in [5.74, 6) is 2.24. The zero-order valence-corrected chi connectivity index (χ0v) is 17.8. The molecule has 0 bridgehead atoms. The first kappa shape index (κ1) is 19.7. The molecule has 8 nitrogen and oxygen atoms in total. The SMILES string of the molecule is CO[C@@H]1C[C@H]2CN(Cc3nc4ccccc4[nH]3)C[C@H]2C[C@H]1n1cc(C(C)(C)O)nn1. The van der Waals surface area contributed by atoms with Gasteiger partial charge in [0.15, 0.2) is 0 Å². The lowest BCUT2D eigenvalue weighted by Crippen LogP contribution is -2.37. The Balaban J connectivity index is 1.29. The summed E-state index contributed by atoms with van der Waals surface area (Å²) in [5, 5.41) is 18.8. The Kier molecular flexibility index (Phi) is 4.88. The van der Waals surface area contributed by atoms with E-state index < -0.39 is 5.60 Å². The highest BCUT2D eigenvalue weighted by molar-refractivity contribution is 5.74. The fourth-order valence-electron chi connectivity index (χ4n) is 5.16. The van der Waals surface area contributed by atoms with Gasteiger partial charge < -0.3 is 14.8 Å². The van der Waals surface area contributed by atoms with E-state index in [1.54, 1.807) is 21.0 Å². The lowest BCUT2D eigenvalue weighted by molar-refractivity contribution is -0.00555. The van der Waals surface area contributed by atoms with Gasteiger partial charge in [0.1, 0.15) is 17.1 Å². The van der Waals surface area contributed by atoms with Crippen molar-refractivity contribution >= 4 is 11.0 Å². The van der Waals surface area contributed by atoms with E-state index in [-0.39, 0.29) is 12.1 Å². The molecule has 2 aliphatic rings. The number of ether oxygens (including phenoxy) is 1. The van der Waals surface area contributed by atoms with Crippen LogP contribution in [0.15, 0.2) is 30.5 Å². The summed E-state index contributed by atoms with van der Waals surface area (Å²) in [6, 6.07) is 8.32. The van der Waals surface area contributed by atoms with Gasteiger partial charge in [0, 0.05) is 20.2 Å². The molecule has 1 aliphatic carbocycles. The van der Waals surface area contributed by atoms with Gasteiger partial charge in [0.2, 0.25) is 0 Å². The van der Waals surface area contributed by atoms with Crippen LogP contribution in [0.4, 0.5) is 0 Å². The van der Waals surface area contributed by atoms with E-state index in [2.05, 4.69) is 26.3 Å². The molecule has 3 aromatic rings. The first-order valence-electron chi connectivity index (χ1n) is 10.7. The van der Waals surface area contributed by atoms with Crippen LogP contribution in [0.2, 0.25) is 0 Å². The number of aliphatic hydroxyl groups is 1. The van der Waals surface area contributed by atoms with Gasteiger partial charge >= 0.3 is 0 Å². The van der Waals surface area contributed by atoms with Crippen molar-refractivity contribution in [2.75, 3.05) is 20.2 Å². The van der Waals surface area contributed by atoms with Gasteiger partial charge in [-0.15, -0.1) is 5.10 Å². The first-order valence-corrected chi connectivity index (χ1v) is 10.7. The van der Waals surface area contributed by atoms with Crippen LogP contribution in [0, 0.1) is 11.8 Å². The molecule has 8 heteroatoms. The highest BCUT2D eigenvalue weighted by Crippen LogP contribution is 2.42. The Labute approximate surface area is 176 Å². The molecule has 2 aromatic heterocycles. The number of methoxy groups -OCH3 is 1. The van der Waals surface area contributed by atoms with Crippen LogP contribution in [0.3, 0.4) is 0 Å². The molecule has 1 saturated heterocycles. The Bertz CT molecular complexity index is 989. The number of benzene rings is 1. The second-order valence-corrected chi connectivity index (χ2v) is 9.37. The van der Waals surface area contributed by atoms with E-state index >= 15 is 0 Å². The maximum atomic E-state index is 10.2. The van der Waals surface area contributed by atoms with Crippen LogP contribution in [0.1, 0.15) is 44.2 Å². The summed E-state index contributed by atoms with van der Waals surface area (Å²) in [5.41, 5.74) is 1.72. The van der Waals surface area contributed by atoms with E-state index in [4.69, 9.17) is 9.72 Å². The standard InChI is InChI=1S/C22H30N6O2/c1-22(2,29)20-12-28(26-25-20)18-8-14-10-27(11-15(14)9-19(18)30-3)13-21-23-16-6-4-5-7-17(16)24-21/h4-7,12,14-15,18-19,29H,8-11,13H2,1-3H3,(H,23,24)/t14-,15+,18-,19-/m1/s1. The molecular weight excluding hydrogens is 380 g/mol. The van der Waals surface area contributed by atoms with Gasteiger partial charge in [-0.3, -0.25) is 4.90 Å². The number of H-pyrrole nitrogens is 1. The van der Waals surface area contributed by atoms with Crippen molar-refractivity contribution in [1.29, 1.82) is 0 Å². The molecule has 160 valence electrons. The van der Waals surface area contributed by atoms with Gasteiger partial charge in [-0.25, -0.2) is 9.67 Å². The van der Waals surface area contributed by atoms with Crippen LogP contribution in [0.25, 0.3) is 11.0 Å². The number of hydrogen-bond acceptors (Lipinski definition) is 6. The zero-order chi connectivity index (χ0) is 20.9. The van der Waals surface area contributed by atoms with Gasteiger partial charge in [-0.2, -0.15) is 0 Å². The molecule has 1 aromatic carbocycles. The number of nitrogens with one attached hydrogen (secondary N) is 1. The molecular formula is C22H30N6O2. The smallest absolute Gasteiger partial charge is 0.121 e. The van der Waals surface area contributed by atoms with Gasteiger partial charge in [0.05, 0.1) is 35.9 Å². The average molecular weight is 411 g/mol. The molecule has 2 N–H and O–H groups in total. The minimum Gasteiger partial charge on any atom is -0.384 e. The molecule has 0 amide bonds. The molecule has 5 rings (SSSR count). The lowest BCUT2D eigenvalue weighted by atomic mass is 9.77. The van der Waals surface area contributed by atoms with E-state index in [1.807, 2.05) is 29.1 Å². The van der Waals surface area contributed by atoms with E-state index in [9.17, 15) is 5.11 Å². The second-order valence-electron chi connectivity index (χ2n) is 9.37. The molecule has 0 spiro atoms. The Morgan fingerprint density at radius 3 is 2.67 bits per heavy atom. The van der Waals surface area contributed by atoms with Crippen LogP contribution in [0.5, 0.6) is 0 Å². The predicted octanol–water partition coefficient (Wildman–Crippen LogP) is 2.48. The van der Waals surface area contributed by atoms with E-state index in [0.29, 0.717) is 17.5 Å². The Morgan fingerprint density at radius 1 is 1.20 bits per heavy atom. The molecule has 1 saturated carbocycles. The van der Waals surface area contributed by atoms with Crippen LogP contribution < -0.4 is 0 Å². The summed E-state index contributed by atoms with van der Waals surface area (Å²) in [6.45, 7) is 6.44. The number of fused-ring (bicyclic) bond motifs is 2. The largest absolute Gasteiger partial charge is 0.384 e. The molecule has 1 aliphatic heterocycles. The quantitative estimate of drug-likeness (QED) is 0.671. The fraction of sp³-hybridized carbons (Fsp3) is 0.591. The summed E-state index contributed by atoms with van der Waals surface area (Å²) in [6.07, 6.45) is 4.00. The highest BCUT2D eigenvalue weighted by Gasteiger charge is 2.43. The molecule has 3 heterocycles. The van der Waals surface area contributed by atoms with Gasteiger partial charge in [-0.05, 0) is 50.7 Å². The topological polar surface area (TPSA) is 92.1 Å². The summed E-state index contributed by atoms with van der Waals surface area (Å²) < 4.78 is 7.77. The highest BCUT2D eigenvalue weighted by atomic mass is 16.5. The molecule has 2 fully saturated rings. The summed E-state index contributed by atoms with van der Waals surface area (Å²) >= 11 is 0. The number of aromatic nitrogens is 5. The monoisotopic (exact) mass is 410 g/mol. The van der Waals surface area contributed by atoms with Gasteiger partial charge in [0.25, 0.3) is 0 Å². The number of likely N-dealkylation sites (tertiary alicyclic amines) is 1. The lowest BCUT2D eigenvalue weighted by Gasteiger charge is -2.37. The van der Waals surface area contributed by atoms with Crippen molar-refractivity contribution in [3.8, 4) is 0 Å². The van der Waals surface area contributed by atoms with E-state index in [0.717, 1.165) is 49.3 Å². The van der Waals surface area contributed by atoms with Crippen LogP contribution in [-0.4, -0.2) is 61.3 Å². The fourth-order valence-corrected chi connectivity index (χ4v) is 5.16. The third-order valence-corrected chi connectivity index (χ3v) is 6.75. The van der Waals surface area contributed by atoms with Crippen LogP contribution >= 0.6 is 0 Å². The predicted molar refractivity (Wildman–Crippen MR) is 113 cm³/mol. The number of hydrogen-bond donors (Lipinski definition) is 2. The number of rotatable bonds is 5. The van der Waals surface area contributed by atoms with Gasteiger partial charge in [-0.1, -0.05) is 17.3 Å². The van der Waals surface area contributed by atoms with Crippen molar-refractivity contribution < 1.29 is 9.84 Å². The summed E-state index contributed by atoms with van der Waals surface area (Å²) in [7, 11) is 1.78. The molecule has 0 radical (unpaired) electrons. The maximum absolute atomic E-state index is 10.2. The summed E-state index contributed by atoms with van der Waals surface area (Å²) in [4.78, 5) is 10.7. The molecule has 4 atom stereocenters. The molecule has 30 heavy (non-hydrogen) atoms. The van der Waals surface area contributed by atoms with Crippen molar-refractivity contribution in [3.63, 3.8) is 0 Å². The normalized spacial score (nSPS) is 27.6. The third-order valence-electron chi connectivity index (χ3n) is 6.75. The van der Waals surface area contributed by atoms with Crippen molar-refractivity contribution in [2.24, 2.45) is 11.8 Å². The maximum Gasteiger partial charge on any atom is 0.121 e. The Morgan fingerprint density at radius 2 is 1.97 bits per heavy atom. The zero-order valence-electron chi connectivity index (χ0n) is 17.8. The number of nitrogens with zero attached hydrogens (tertiary/aromatic N) is 5. The Hall–Kier alpha value is -2.29. The third kappa shape index (κ3) is 3.64. The second kappa shape index (κ2) is 7.44. The van der Waals surface area contributed by atoms with Crippen molar-refractivity contribution in [1.82, 2.24) is 29.9 Å². The van der Waals surface area contributed by atoms with Crippen molar-refractivity contribution in [2.45, 2.75) is 51.0 Å². The van der Waals surface area contributed by atoms with E-state index in [1.165, 1.54) is 0 Å². The number of para-hydroxylation sites is 2.